The van der Waals surface area contributed by atoms with Crippen LogP contribution in [-0.4, -0.2) is 27.1 Å². The first-order chi connectivity index (χ1) is 10.5. The van der Waals surface area contributed by atoms with Gasteiger partial charge in [-0.2, -0.15) is 5.10 Å². The summed E-state index contributed by atoms with van der Waals surface area (Å²) in [4.78, 5) is 25.7. The number of aryl methyl sites for hydroxylation is 1. The first-order valence-corrected chi connectivity index (χ1v) is 6.20. The molecule has 1 aromatic carbocycles. The Morgan fingerprint density at radius 1 is 1.41 bits per heavy atom. The lowest BCUT2D eigenvalue weighted by molar-refractivity contribution is -0.384. The second kappa shape index (κ2) is 6.44. The monoisotopic (exact) mass is 300 g/mol. The summed E-state index contributed by atoms with van der Waals surface area (Å²) in [6, 6.07) is 5.45. The van der Waals surface area contributed by atoms with Crippen molar-refractivity contribution in [1.82, 2.24) is 10.4 Å². The van der Waals surface area contributed by atoms with E-state index < -0.39 is 10.8 Å². The highest BCUT2D eigenvalue weighted by Gasteiger charge is 2.12. The number of benzene rings is 1. The number of aromatic hydroxyl groups is 1. The van der Waals surface area contributed by atoms with Crippen LogP contribution >= 0.6 is 0 Å². The number of hydrazone groups is 1. The minimum atomic E-state index is -0.570. The van der Waals surface area contributed by atoms with E-state index in [9.17, 15) is 20.0 Å². The van der Waals surface area contributed by atoms with Gasteiger partial charge in [-0.1, -0.05) is 0 Å². The van der Waals surface area contributed by atoms with Crippen molar-refractivity contribution in [2.75, 3.05) is 0 Å². The van der Waals surface area contributed by atoms with Crippen LogP contribution < -0.4 is 5.43 Å². The Morgan fingerprint density at radius 3 is 2.73 bits per heavy atom. The van der Waals surface area contributed by atoms with Gasteiger partial charge in [0, 0.05) is 35.7 Å². The molecule has 0 aliphatic rings. The smallest absolute Gasteiger partial charge is 0.271 e. The SMILES string of the molecule is Cc1cc([N+](=O)[O-])cc(/C=N\NC(=O)c2ccncc2)c1O. The minimum Gasteiger partial charge on any atom is -0.507 e. The molecule has 0 bridgehead atoms. The average Bonchev–Trinajstić information content (AvgIpc) is 2.51. The molecular weight excluding hydrogens is 288 g/mol. The lowest BCUT2D eigenvalue weighted by Gasteiger charge is -2.03. The largest absolute Gasteiger partial charge is 0.507 e. The highest BCUT2D eigenvalue weighted by atomic mass is 16.6. The van der Waals surface area contributed by atoms with Crippen molar-refractivity contribution < 1.29 is 14.8 Å². The summed E-state index contributed by atoms with van der Waals surface area (Å²) < 4.78 is 0. The molecule has 8 heteroatoms. The van der Waals surface area contributed by atoms with Crippen molar-refractivity contribution in [3.05, 3.63) is 63.5 Å². The summed E-state index contributed by atoms with van der Waals surface area (Å²) in [5, 5.41) is 24.3. The molecule has 0 unspecified atom stereocenters. The van der Waals surface area contributed by atoms with Crippen LogP contribution in [0.1, 0.15) is 21.5 Å². The van der Waals surface area contributed by atoms with E-state index in [1.807, 2.05) is 0 Å². The summed E-state index contributed by atoms with van der Waals surface area (Å²) in [5.41, 5.74) is 2.95. The molecule has 2 rings (SSSR count). The Balaban J connectivity index is 2.17. The van der Waals surface area contributed by atoms with Crippen LogP contribution in [-0.2, 0) is 0 Å². The molecule has 0 radical (unpaired) electrons. The van der Waals surface area contributed by atoms with Gasteiger partial charge in [-0.3, -0.25) is 19.9 Å². The van der Waals surface area contributed by atoms with Gasteiger partial charge in [0.2, 0.25) is 0 Å². The number of non-ortho nitro benzene ring substituents is 1. The number of nitro benzene ring substituents is 1. The molecule has 112 valence electrons. The van der Waals surface area contributed by atoms with Crippen LogP contribution in [0.5, 0.6) is 5.75 Å². The van der Waals surface area contributed by atoms with Gasteiger partial charge < -0.3 is 5.11 Å². The first-order valence-electron chi connectivity index (χ1n) is 6.20. The molecule has 2 N–H and O–H groups in total. The Hall–Kier alpha value is -3.29. The molecule has 0 aliphatic carbocycles. The third-order valence-corrected chi connectivity index (χ3v) is 2.84. The molecule has 0 aliphatic heterocycles. The summed E-state index contributed by atoms with van der Waals surface area (Å²) in [6.07, 6.45) is 4.08. The van der Waals surface area contributed by atoms with Crippen LogP contribution in [0.25, 0.3) is 0 Å². The number of nitrogens with one attached hydrogen (secondary N) is 1. The number of phenolic OH excluding ortho intramolecular Hbond substituents is 1. The summed E-state index contributed by atoms with van der Waals surface area (Å²) in [7, 11) is 0. The zero-order valence-corrected chi connectivity index (χ0v) is 11.6. The van der Waals surface area contributed by atoms with E-state index in [4.69, 9.17) is 0 Å². The number of nitro groups is 1. The number of hydrogen-bond donors (Lipinski definition) is 2. The van der Waals surface area contributed by atoms with Gasteiger partial charge in [0.1, 0.15) is 5.75 Å². The maximum absolute atomic E-state index is 11.7. The molecule has 0 fully saturated rings. The van der Waals surface area contributed by atoms with Crippen LogP contribution in [0.3, 0.4) is 0 Å². The molecule has 2 aromatic rings. The van der Waals surface area contributed by atoms with Gasteiger partial charge in [-0.25, -0.2) is 5.43 Å². The third-order valence-electron chi connectivity index (χ3n) is 2.84. The van der Waals surface area contributed by atoms with Gasteiger partial charge in [0.25, 0.3) is 11.6 Å². The molecule has 0 spiro atoms. The second-order valence-electron chi connectivity index (χ2n) is 4.39. The molecule has 1 amide bonds. The van der Waals surface area contributed by atoms with Crippen LogP contribution in [0, 0.1) is 17.0 Å². The van der Waals surface area contributed by atoms with Crippen LogP contribution in [0.15, 0.2) is 41.8 Å². The van der Waals surface area contributed by atoms with Crippen LogP contribution in [0.4, 0.5) is 5.69 Å². The molecule has 0 atom stereocenters. The first kappa shape index (κ1) is 15.1. The maximum Gasteiger partial charge on any atom is 0.271 e. The van der Waals surface area contributed by atoms with Crippen molar-refractivity contribution in [2.24, 2.45) is 5.10 Å². The molecule has 0 saturated carbocycles. The molecule has 0 saturated heterocycles. The van der Waals surface area contributed by atoms with E-state index in [0.717, 1.165) is 6.21 Å². The van der Waals surface area contributed by atoms with Crippen molar-refractivity contribution in [1.29, 1.82) is 0 Å². The van der Waals surface area contributed by atoms with E-state index in [2.05, 4.69) is 15.5 Å². The fourth-order valence-corrected chi connectivity index (χ4v) is 1.72. The van der Waals surface area contributed by atoms with E-state index in [0.29, 0.717) is 11.1 Å². The zero-order valence-electron chi connectivity index (χ0n) is 11.6. The molecule has 1 aromatic heterocycles. The fraction of sp³-hybridized carbons (Fsp3) is 0.0714. The number of pyridine rings is 1. The average molecular weight is 300 g/mol. The van der Waals surface area contributed by atoms with E-state index in [-0.39, 0.29) is 17.0 Å². The number of nitrogens with zero attached hydrogens (tertiary/aromatic N) is 3. The third kappa shape index (κ3) is 3.42. The van der Waals surface area contributed by atoms with Crippen molar-refractivity contribution >= 4 is 17.8 Å². The van der Waals surface area contributed by atoms with Gasteiger partial charge in [-0.05, 0) is 24.6 Å². The molecule has 1 heterocycles. The van der Waals surface area contributed by atoms with Crippen LogP contribution in [0.2, 0.25) is 0 Å². The fourth-order valence-electron chi connectivity index (χ4n) is 1.72. The van der Waals surface area contributed by atoms with Gasteiger partial charge in [0.15, 0.2) is 0 Å². The maximum atomic E-state index is 11.7. The van der Waals surface area contributed by atoms with E-state index in [1.54, 1.807) is 0 Å². The highest BCUT2D eigenvalue weighted by molar-refractivity contribution is 5.95. The predicted molar refractivity (Wildman–Crippen MR) is 78.8 cm³/mol. The summed E-state index contributed by atoms with van der Waals surface area (Å²) >= 11 is 0. The number of hydrogen-bond acceptors (Lipinski definition) is 6. The summed E-state index contributed by atoms with van der Waals surface area (Å²) in [6.45, 7) is 1.54. The highest BCUT2D eigenvalue weighted by Crippen LogP contribution is 2.26. The number of rotatable bonds is 4. The van der Waals surface area contributed by atoms with Gasteiger partial charge >= 0.3 is 0 Å². The molecular formula is C14H12N4O4. The molecule has 22 heavy (non-hydrogen) atoms. The number of amides is 1. The summed E-state index contributed by atoms with van der Waals surface area (Å²) in [5.74, 6) is -0.590. The number of phenols is 1. The minimum absolute atomic E-state index is 0.132. The Labute approximate surface area is 125 Å². The number of carbonyl (C=O) groups excluding carboxylic acids is 1. The van der Waals surface area contributed by atoms with Gasteiger partial charge in [-0.15, -0.1) is 0 Å². The lowest BCUT2D eigenvalue weighted by atomic mass is 10.1. The zero-order chi connectivity index (χ0) is 16.1. The lowest BCUT2D eigenvalue weighted by Crippen LogP contribution is -2.17. The topological polar surface area (TPSA) is 118 Å². The number of carbonyl (C=O) groups is 1. The van der Waals surface area contributed by atoms with Gasteiger partial charge in [0.05, 0.1) is 11.1 Å². The predicted octanol–water partition coefficient (Wildman–Crippen LogP) is 1.77. The van der Waals surface area contributed by atoms with Crippen molar-refractivity contribution in [3.8, 4) is 5.75 Å². The van der Waals surface area contributed by atoms with Crippen molar-refractivity contribution in [2.45, 2.75) is 6.92 Å². The Kier molecular flexibility index (Phi) is 4.42. The van der Waals surface area contributed by atoms with Crippen molar-refractivity contribution in [3.63, 3.8) is 0 Å². The molecule has 8 nitrogen and oxygen atoms in total. The Bertz CT molecular complexity index is 744. The van der Waals surface area contributed by atoms with E-state index >= 15 is 0 Å². The quantitative estimate of drug-likeness (QED) is 0.507. The van der Waals surface area contributed by atoms with E-state index in [1.165, 1.54) is 43.6 Å². The Morgan fingerprint density at radius 2 is 2.09 bits per heavy atom. The standard InChI is InChI=1S/C14H12N4O4/c1-9-6-12(18(21)22)7-11(13(9)19)8-16-17-14(20)10-2-4-15-5-3-10/h2-8,19H,1H3,(H,17,20)/b16-8-. The normalized spacial score (nSPS) is 10.6. The number of aromatic nitrogens is 1. The second-order valence-corrected chi connectivity index (χ2v) is 4.39.